The number of hydrogen-bond donors (Lipinski definition) is 2. The van der Waals surface area contributed by atoms with Crippen LogP contribution >= 0.6 is 0 Å². The molecule has 4 aromatic carbocycles. The van der Waals surface area contributed by atoms with E-state index in [1.807, 2.05) is 24.3 Å². The molecule has 2 aromatic heterocycles. The maximum Gasteiger partial charge on any atom is 0.255 e. The molecule has 43 heavy (non-hydrogen) atoms. The molecule has 11 heteroatoms. The molecule has 0 unspecified atom stereocenters. The standard InChI is InChI=1S/C32H24FN5O4S/c1-35-32(39)29-24-15-23(20-5-4-6-21(14-20)31-36-25-12-7-18(17-34)13-26(25)37-31)27(38(2)43(3,40)41)16-28(24)42-30(29)19-8-10-22(33)11-9-19/h4-16H,1-3H3,(H,35,39)(H,36,37). The number of carbonyl (C=O) groups excluding carboxylic acids is 1. The first-order chi connectivity index (χ1) is 20.6. The van der Waals surface area contributed by atoms with Crippen LogP contribution in [0, 0.1) is 17.1 Å². The van der Waals surface area contributed by atoms with Crippen LogP contribution in [0.1, 0.15) is 15.9 Å². The van der Waals surface area contributed by atoms with E-state index in [9.17, 15) is 22.9 Å². The molecule has 0 saturated carbocycles. The van der Waals surface area contributed by atoms with Gasteiger partial charge in [-0.2, -0.15) is 5.26 Å². The zero-order chi connectivity index (χ0) is 30.5. The largest absolute Gasteiger partial charge is 0.455 e. The molecular formula is C32H24FN5O4S. The van der Waals surface area contributed by atoms with Crippen molar-refractivity contribution in [3.63, 3.8) is 0 Å². The zero-order valence-electron chi connectivity index (χ0n) is 23.3. The number of nitriles is 1. The third-order valence-electron chi connectivity index (χ3n) is 7.26. The molecule has 9 nitrogen and oxygen atoms in total. The SMILES string of the molecule is CNC(=O)c1c(-c2ccc(F)cc2)oc2cc(N(C)S(C)(=O)=O)c(-c3cccc(-c4nc5ccc(C#N)cc5[nH]4)c3)cc12. The number of amides is 1. The minimum Gasteiger partial charge on any atom is -0.455 e. The maximum atomic E-state index is 13.7. The number of nitrogens with zero attached hydrogens (tertiary/aromatic N) is 3. The van der Waals surface area contributed by atoms with Crippen molar-refractivity contribution in [1.82, 2.24) is 15.3 Å². The Hall–Kier alpha value is -5.47. The molecule has 0 saturated heterocycles. The van der Waals surface area contributed by atoms with Crippen molar-refractivity contribution in [2.75, 3.05) is 24.7 Å². The van der Waals surface area contributed by atoms with E-state index in [4.69, 9.17) is 4.42 Å². The van der Waals surface area contributed by atoms with Crippen LogP contribution in [-0.4, -0.2) is 44.6 Å². The summed E-state index contributed by atoms with van der Waals surface area (Å²) in [5.41, 5.74) is 5.17. The molecular weight excluding hydrogens is 569 g/mol. The summed E-state index contributed by atoms with van der Waals surface area (Å²) < 4.78 is 46.4. The third-order valence-corrected chi connectivity index (χ3v) is 8.45. The number of furan rings is 1. The number of fused-ring (bicyclic) bond motifs is 2. The average Bonchev–Trinajstić information content (AvgIpc) is 3.60. The van der Waals surface area contributed by atoms with E-state index in [-0.39, 0.29) is 16.9 Å². The number of sulfonamides is 1. The fraction of sp³-hybridized carbons (Fsp3) is 0.0938. The van der Waals surface area contributed by atoms with E-state index in [0.717, 1.165) is 16.1 Å². The van der Waals surface area contributed by atoms with E-state index in [1.54, 1.807) is 30.3 Å². The molecule has 0 atom stereocenters. The van der Waals surface area contributed by atoms with Crippen LogP contribution in [-0.2, 0) is 10.0 Å². The van der Waals surface area contributed by atoms with Gasteiger partial charge in [0, 0.05) is 42.2 Å². The lowest BCUT2D eigenvalue weighted by molar-refractivity contribution is 0.0964. The minimum absolute atomic E-state index is 0.229. The van der Waals surface area contributed by atoms with Gasteiger partial charge >= 0.3 is 0 Å². The summed E-state index contributed by atoms with van der Waals surface area (Å²) in [4.78, 5) is 21.1. The first kappa shape index (κ1) is 27.7. The Kier molecular flexibility index (Phi) is 6.71. The van der Waals surface area contributed by atoms with E-state index < -0.39 is 21.7 Å². The Morgan fingerprint density at radius 3 is 2.47 bits per heavy atom. The number of nitrogens with one attached hydrogen (secondary N) is 2. The van der Waals surface area contributed by atoms with Gasteiger partial charge in [-0.05, 0) is 60.2 Å². The van der Waals surface area contributed by atoms with Gasteiger partial charge < -0.3 is 14.7 Å². The molecule has 0 bridgehead atoms. The van der Waals surface area contributed by atoms with E-state index in [2.05, 4.69) is 21.4 Å². The quantitative estimate of drug-likeness (QED) is 0.241. The van der Waals surface area contributed by atoms with Crippen molar-refractivity contribution in [3.8, 4) is 39.9 Å². The minimum atomic E-state index is -3.70. The maximum absolute atomic E-state index is 13.7. The number of benzene rings is 4. The predicted octanol–water partition coefficient (Wildman–Crippen LogP) is 6.08. The van der Waals surface area contributed by atoms with Crippen LogP contribution in [0.25, 0.3) is 55.8 Å². The van der Waals surface area contributed by atoms with Crippen LogP contribution in [0.5, 0.6) is 0 Å². The van der Waals surface area contributed by atoms with Crippen molar-refractivity contribution in [2.45, 2.75) is 0 Å². The summed E-state index contributed by atoms with van der Waals surface area (Å²) in [6, 6.07) is 23.6. The van der Waals surface area contributed by atoms with E-state index >= 15 is 0 Å². The summed E-state index contributed by atoms with van der Waals surface area (Å²) in [6.07, 6.45) is 1.10. The van der Waals surface area contributed by atoms with Gasteiger partial charge in [-0.1, -0.05) is 18.2 Å². The van der Waals surface area contributed by atoms with Crippen LogP contribution in [0.4, 0.5) is 10.1 Å². The van der Waals surface area contributed by atoms with Crippen molar-refractivity contribution >= 4 is 43.6 Å². The number of anilines is 1. The van der Waals surface area contributed by atoms with E-state index in [1.165, 1.54) is 38.4 Å². The topological polar surface area (TPSA) is 132 Å². The summed E-state index contributed by atoms with van der Waals surface area (Å²) in [5.74, 6) is -0.0530. The number of hydrogen-bond acceptors (Lipinski definition) is 6. The molecule has 6 aromatic rings. The summed E-state index contributed by atoms with van der Waals surface area (Å²) in [7, 11) is -0.754. The molecule has 0 radical (unpaired) electrons. The van der Waals surface area contributed by atoms with Crippen LogP contribution < -0.4 is 9.62 Å². The molecule has 2 heterocycles. The molecule has 1 amide bonds. The zero-order valence-corrected chi connectivity index (χ0v) is 24.1. The molecule has 0 aliphatic carbocycles. The highest BCUT2D eigenvalue weighted by atomic mass is 32.2. The highest BCUT2D eigenvalue weighted by Crippen LogP contribution is 2.42. The summed E-state index contributed by atoms with van der Waals surface area (Å²) >= 11 is 0. The first-order valence-electron chi connectivity index (χ1n) is 13.1. The van der Waals surface area contributed by atoms with Crippen molar-refractivity contribution in [3.05, 3.63) is 95.8 Å². The lowest BCUT2D eigenvalue weighted by Crippen LogP contribution is -2.25. The normalized spacial score (nSPS) is 11.5. The Bertz CT molecular complexity index is 2210. The van der Waals surface area contributed by atoms with Crippen molar-refractivity contribution in [2.24, 2.45) is 0 Å². The summed E-state index contributed by atoms with van der Waals surface area (Å²) in [5, 5.41) is 12.4. The molecule has 214 valence electrons. The Balaban J connectivity index is 1.59. The second-order valence-electron chi connectivity index (χ2n) is 10.00. The predicted molar refractivity (Wildman–Crippen MR) is 163 cm³/mol. The smallest absolute Gasteiger partial charge is 0.255 e. The van der Waals surface area contributed by atoms with Gasteiger partial charge in [-0.3, -0.25) is 9.10 Å². The fourth-order valence-corrected chi connectivity index (χ4v) is 5.52. The van der Waals surface area contributed by atoms with Crippen LogP contribution in [0.3, 0.4) is 0 Å². The fourth-order valence-electron chi connectivity index (χ4n) is 5.01. The van der Waals surface area contributed by atoms with Gasteiger partial charge in [0.05, 0.1) is 40.2 Å². The van der Waals surface area contributed by atoms with Gasteiger partial charge in [0.1, 0.15) is 23.0 Å². The number of rotatable bonds is 6. The number of halogens is 1. The molecule has 0 spiro atoms. The first-order valence-corrected chi connectivity index (χ1v) is 15.0. The Morgan fingerprint density at radius 2 is 1.77 bits per heavy atom. The van der Waals surface area contributed by atoms with Gasteiger partial charge in [-0.25, -0.2) is 17.8 Å². The van der Waals surface area contributed by atoms with Gasteiger partial charge in [0.15, 0.2) is 0 Å². The molecule has 0 aliphatic heterocycles. The second-order valence-corrected chi connectivity index (χ2v) is 12.0. The highest BCUT2D eigenvalue weighted by Gasteiger charge is 2.26. The molecule has 0 aliphatic rings. The number of H-pyrrole nitrogens is 1. The number of aromatic amines is 1. The molecule has 6 rings (SSSR count). The lowest BCUT2D eigenvalue weighted by atomic mass is 9.97. The monoisotopic (exact) mass is 593 g/mol. The van der Waals surface area contributed by atoms with Crippen LogP contribution in [0.15, 0.2) is 83.3 Å². The second kappa shape index (κ2) is 10.4. The third kappa shape index (κ3) is 4.98. The number of carbonyl (C=O) groups is 1. The Morgan fingerprint density at radius 1 is 1.02 bits per heavy atom. The molecule has 2 N–H and O–H groups in total. The van der Waals surface area contributed by atoms with Crippen LogP contribution in [0.2, 0.25) is 0 Å². The van der Waals surface area contributed by atoms with Gasteiger partial charge in [-0.15, -0.1) is 0 Å². The summed E-state index contributed by atoms with van der Waals surface area (Å²) in [6.45, 7) is 0. The molecule has 0 fully saturated rings. The lowest BCUT2D eigenvalue weighted by Gasteiger charge is -2.21. The number of aromatic nitrogens is 2. The highest BCUT2D eigenvalue weighted by molar-refractivity contribution is 7.92. The van der Waals surface area contributed by atoms with Gasteiger partial charge in [0.25, 0.3) is 5.91 Å². The Labute approximate surface area is 246 Å². The number of imidazole rings is 1. The van der Waals surface area contributed by atoms with E-state index in [0.29, 0.717) is 50.2 Å². The average molecular weight is 594 g/mol. The van der Waals surface area contributed by atoms with Gasteiger partial charge in [0.2, 0.25) is 10.0 Å². The van der Waals surface area contributed by atoms with Crippen molar-refractivity contribution in [1.29, 1.82) is 5.26 Å². The van der Waals surface area contributed by atoms with Crippen molar-refractivity contribution < 1.29 is 22.0 Å².